The average molecular weight is 315 g/mol. The fourth-order valence-electron chi connectivity index (χ4n) is 3.00. The Kier molecular flexibility index (Phi) is 3.17. The Morgan fingerprint density at radius 2 is 1.50 bits per heavy atom. The molecule has 0 saturated heterocycles. The van der Waals surface area contributed by atoms with Crippen LogP contribution in [0, 0.1) is 0 Å². The molecule has 0 unspecified atom stereocenters. The minimum Gasteiger partial charge on any atom is -0.505 e. The molecule has 0 spiro atoms. The molecule has 4 nitrogen and oxygen atoms in total. The molecule has 116 valence electrons. The Hall–Kier alpha value is -3.40. The van der Waals surface area contributed by atoms with E-state index in [0.717, 1.165) is 5.39 Å². The number of hydrogen-bond acceptors (Lipinski definition) is 3. The van der Waals surface area contributed by atoms with Crippen LogP contribution < -0.4 is 5.32 Å². The molecule has 0 saturated carbocycles. The summed E-state index contributed by atoms with van der Waals surface area (Å²) in [6, 6.07) is 19.4. The van der Waals surface area contributed by atoms with Crippen LogP contribution in [0.3, 0.4) is 0 Å². The van der Waals surface area contributed by atoms with Crippen LogP contribution >= 0.6 is 0 Å². The van der Waals surface area contributed by atoms with Gasteiger partial charge in [0.2, 0.25) is 5.78 Å². The van der Waals surface area contributed by atoms with Crippen LogP contribution in [-0.2, 0) is 0 Å². The van der Waals surface area contributed by atoms with Gasteiger partial charge in [-0.05, 0) is 17.5 Å². The van der Waals surface area contributed by atoms with Crippen LogP contribution in [0.5, 0.6) is 0 Å². The van der Waals surface area contributed by atoms with Crippen LogP contribution in [-0.4, -0.2) is 16.8 Å². The fourth-order valence-corrected chi connectivity index (χ4v) is 3.00. The zero-order chi connectivity index (χ0) is 16.7. The summed E-state index contributed by atoms with van der Waals surface area (Å²) in [6.45, 7) is 0. The zero-order valence-corrected chi connectivity index (χ0v) is 12.6. The number of benzene rings is 3. The molecule has 2 N–H and O–H groups in total. The van der Waals surface area contributed by atoms with Crippen LogP contribution in [0.1, 0.15) is 26.3 Å². The number of ketones is 1. The number of Topliss-reactive ketones (excluding diaryl/α,β-unsaturated/α-hetero) is 1. The summed E-state index contributed by atoms with van der Waals surface area (Å²) in [7, 11) is 0. The van der Waals surface area contributed by atoms with E-state index in [1.54, 1.807) is 48.5 Å². The van der Waals surface area contributed by atoms with E-state index in [2.05, 4.69) is 5.32 Å². The topological polar surface area (TPSA) is 66.4 Å². The summed E-state index contributed by atoms with van der Waals surface area (Å²) in [5.41, 5.74) is 1.35. The molecule has 0 aromatic heterocycles. The van der Waals surface area contributed by atoms with Gasteiger partial charge in [0.25, 0.3) is 5.91 Å². The standard InChI is InChI=1S/C20H13NO3/c22-18-14-10-4-8-12-9-5-11-15(16(12)14)19(23)17(18)21-20(24)13-6-2-1-3-7-13/h1-11,22H,(H,21,24). The van der Waals surface area contributed by atoms with Crippen molar-refractivity contribution in [1.29, 1.82) is 0 Å². The molecule has 1 aliphatic carbocycles. The third-order valence-electron chi connectivity index (χ3n) is 4.14. The SMILES string of the molecule is O=C(NC1=C(O)c2cccc3cccc(c23)C1=O)c1ccccc1. The van der Waals surface area contributed by atoms with Gasteiger partial charge in [-0.25, -0.2) is 0 Å². The number of rotatable bonds is 2. The summed E-state index contributed by atoms with van der Waals surface area (Å²) in [6.07, 6.45) is 0. The predicted octanol–water partition coefficient (Wildman–Crippen LogP) is 3.69. The van der Waals surface area contributed by atoms with Gasteiger partial charge in [-0.15, -0.1) is 0 Å². The lowest BCUT2D eigenvalue weighted by Gasteiger charge is -2.20. The first-order valence-corrected chi connectivity index (χ1v) is 7.53. The summed E-state index contributed by atoms with van der Waals surface area (Å²) >= 11 is 0. The van der Waals surface area contributed by atoms with Crippen LogP contribution in [0.4, 0.5) is 0 Å². The number of carbonyl (C=O) groups excluding carboxylic acids is 2. The number of amides is 1. The molecular formula is C20H13NO3. The molecule has 0 heterocycles. The number of nitrogens with one attached hydrogen (secondary N) is 1. The van der Waals surface area contributed by atoms with Gasteiger partial charge in [-0.2, -0.15) is 0 Å². The van der Waals surface area contributed by atoms with E-state index in [1.807, 2.05) is 18.2 Å². The van der Waals surface area contributed by atoms with Crippen molar-refractivity contribution in [2.75, 3.05) is 0 Å². The van der Waals surface area contributed by atoms with Crippen molar-refractivity contribution in [1.82, 2.24) is 5.32 Å². The third-order valence-corrected chi connectivity index (χ3v) is 4.14. The van der Waals surface area contributed by atoms with Gasteiger partial charge in [0.05, 0.1) is 0 Å². The smallest absolute Gasteiger partial charge is 0.255 e. The highest BCUT2D eigenvalue weighted by molar-refractivity contribution is 6.25. The lowest BCUT2D eigenvalue weighted by Crippen LogP contribution is -2.30. The summed E-state index contributed by atoms with van der Waals surface area (Å²) in [5, 5.41) is 14.7. The van der Waals surface area contributed by atoms with Gasteiger partial charge >= 0.3 is 0 Å². The van der Waals surface area contributed by atoms with E-state index < -0.39 is 5.91 Å². The summed E-state index contributed by atoms with van der Waals surface area (Å²) in [5.74, 6) is -1.02. The maximum absolute atomic E-state index is 12.7. The van der Waals surface area contributed by atoms with Crippen LogP contribution in [0.25, 0.3) is 16.5 Å². The van der Waals surface area contributed by atoms with E-state index in [1.165, 1.54) is 0 Å². The number of allylic oxidation sites excluding steroid dienone is 1. The highest BCUT2D eigenvalue weighted by atomic mass is 16.3. The Bertz CT molecular complexity index is 1010. The van der Waals surface area contributed by atoms with E-state index in [9.17, 15) is 14.7 Å². The van der Waals surface area contributed by atoms with Crippen molar-refractivity contribution in [3.63, 3.8) is 0 Å². The normalized spacial score (nSPS) is 13.2. The molecule has 24 heavy (non-hydrogen) atoms. The van der Waals surface area contributed by atoms with Crippen molar-refractivity contribution in [2.45, 2.75) is 0 Å². The van der Waals surface area contributed by atoms with E-state index >= 15 is 0 Å². The van der Waals surface area contributed by atoms with E-state index in [-0.39, 0.29) is 17.2 Å². The van der Waals surface area contributed by atoms with Crippen molar-refractivity contribution in [3.8, 4) is 0 Å². The lowest BCUT2D eigenvalue weighted by molar-refractivity contribution is 0.0931. The first kappa shape index (κ1) is 14.2. The zero-order valence-electron chi connectivity index (χ0n) is 12.6. The maximum Gasteiger partial charge on any atom is 0.255 e. The van der Waals surface area contributed by atoms with Gasteiger partial charge in [-0.3, -0.25) is 9.59 Å². The van der Waals surface area contributed by atoms with Gasteiger partial charge in [0.1, 0.15) is 5.70 Å². The molecule has 0 radical (unpaired) electrons. The lowest BCUT2D eigenvalue weighted by atomic mass is 9.89. The van der Waals surface area contributed by atoms with Crippen LogP contribution in [0.15, 0.2) is 72.4 Å². The maximum atomic E-state index is 12.7. The second-order valence-corrected chi connectivity index (χ2v) is 5.58. The van der Waals surface area contributed by atoms with Crippen LogP contribution in [0.2, 0.25) is 0 Å². The molecule has 4 heteroatoms. The number of carbonyl (C=O) groups is 2. The quantitative estimate of drug-likeness (QED) is 0.758. The second kappa shape index (κ2) is 5.35. The first-order chi connectivity index (χ1) is 11.7. The average Bonchev–Trinajstić information content (AvgIpc) is 2.63. The molecule has 3 aromatic rings. The largest absolute Gasteiger partial charge is 0.505 e. The monoisotopic (exact) mass is 315 g/mol. The number of hydrogen-bond donors (Lipinski definition) is 2. The van der Waals surface area contributed by atoms with E-state index in [4.69, 9.17) is 0 Å². The molecule has 3 aromatic carbocycles. The summed E-state index contributed by atoms with van der Waals surface area (Å²) in [4.78, 5) is 25.1. The number of aliphatic hydroxyl groups is 1. The van der Waals surface area contributed by atoms with Crippen molar-refractivity contribution >= 4 is 28.2 Å². The highest BCUT2D eigenvalue weighted by Gasteiger charge is 2.28. The second-order valence-electron chi connectivity index (χ2n) is 5.58. The van der Waals surface area contributed by atoms with Gasteiger partial charge < -0.3 is 10.4 Å². The van der Waals surface area contributed by atoms with Crippen molar-refractivity contribution in [2.24, 2.45) is 0 Å². The molecule has 0 atom stereocenters. The molecule has 1 aliphatic rings. The molecule has 0 fully saturated rings. The van der Waals surface area contributed by atoms with Gasteiger partial charge in [-0.1, -0.05) is 54.6 Å². The van der Waals surface area contributed by atoms with Crippen molar-refractivity contribution < 1.29 is 14.7 Å². The molecule has 0 aliphatic heterocycles. The highest BCUT2D eigenvalue weighted by Crippen LogP contribution is 2.34. The third kappa shape index (κ3) is 2.08. The molecule has 0 bridgehead atoms. The van der Waals surface area contributed by atoms with E-state index in [0.29, 0.717) is 22.1 Å². The minimum absolute atomic E-state index is 0.0879. The summed E-state index contributed by atoms with van der Waals surface area (Å²) < 4.78 is 0. The first-order valence-electron chi connectivity index (χ1n) is 7.53. The molecule has 1 amide bonds. The van der Waals surface area contributed by atoms with Gasteiger partial charge in [0.15, 0.2) is 5.76 Å². The Morgan fingerprint density at radius 1 is 0.833 bits per heavy atom. The fraction of sp³-hybridized carbons (Fsp3) is 0. The number of aliphatic hydroxyl groups excluding tert-OH is 1. The minimum atomic E-state index is -0.433. The Labute approximate surface area is 138 Å². The Morgan fingerprint density at radius 3 is 2.21 bits per heavy atom. The Balaban J connectivity index is 1.83. The van der Waals surface area contributed by atoms with Gasteiger partial charge in [0, 0.05) is 22.1 Å². The predicted molar refractivity (Wildman–Crippen MR) is 91.7 cm³/mol. The molecule has 4 rings (SSSR count). The van der Waals surface area contributed by atoms with Crippen molar-refractivity contribution in [3.05, 3.63) is 89.1 Å². The molecular weight excluding hydrogens is 302 g/mol.